The van der Waals surface area contributed by atoms with Crippen LogP contribution >= 0.6 is 11.3 Å². The first-order chi connectivity index (χ1) is 10.2. The summed E-state index contributed by atoms with van der Waals surface area (Å²) in [6, 6.07) is 3.06. The van der Waals surface area contributed by atoms with Crippen molar-refractivity contribution in [3.05, 3.63) is 34.0 Å². The van der Waals surface area contributed by atoms with Crippen molar-refractivity contribution in [1.82, 2.24) is 10.6 Å². The van der Waals surface area contributed by atoms with Gasteiger partial charge in [0.15, 0.2) is 0 Å². The Kier molecular flexibility index (Phi) is 5.99. The SMILES string of the molecule is CC(NC(=O)c1cccs1)C(=O)NCCC1=CCCCC1. The van der Waals surface area contributed by atoms with Gasteiger partial charge in [0.25, 0.3) is 5.91 Å². The molecule has 0 saturated carbocycles. The molecule has 0 saturated heterocycles. The second-order valence-corrected chi connectivity index (χ2v) is 6.27. The number of hydrogen-bond acceptors (Lipinski definition) is 3. The molecular weight excluding hydrogens is 284 g/mol. The lowest BCUT2D eigenvalue weighted by Gasteiger charge is -2.15. The monoisotopic (exact) mass is 306 g/mol. The zero-order chi connectivity index (χ0) is 15.1. The predicted molar refractivity (Wildman–Crippen MR) is 85.4 cm³/mol. The molecule has 0 aromatic carbocycles. The Hall–Kier alpha value is -1.62. The van der Waals surface area contributed by atoms with Crippen LogP contribution in [0.5, 0.6) is 0 Å². The third-order valence-electron chi connectivity index (χ3n) is 3.62. The summed E-state index contributed by atoms with van der Waals surface area (Å²) in [5, 5.41) is 7.45. The number of thiophene rings is 1. The molecule has 0 bridgehead atoms. The van der Waals surface area contributed by atoms with E-state index in [1.54, 1.807) is 13.0 Å². The molecule has 1 aliphatic rings. The first-order valence-corrected chi connectivity index (χ1v) is 8.35. The molecule has 0 spiro atoms. The quantitative estimate of drug-likeness (QED) is 0.794. The number of amides is 2. The third-order valence-corrected chi connectivity index (χ3v) is 4.48. The Morgan fingerprint density at radius 1 is 1.38 bits per heavy atom. The topological polar surface area (TPSA) is 58.2 Å². The van der Waals surface area contributed by atoms with Gasteiger partial charge < -0.3 is 10.6 Å². The van der Waals surface area contributed by atoms with Crippen LogP contribution in [-0.2, 0) is 4.79 Å². The molecule has 1 aliphatic carbocycles. The molecule has 2 amide bonds. The van der Waals surface area contributed by atoms with Crippen molar-refractivity contribution in [3.8, 4) is 0 Å². The summed E-state index contributed by atoms with van der Waals surface area (Å²) < 4.78 is 0. The van der Waals surface area contributed by atoms with Gasteiger partial charge in [-0.15, -0.1) is 11.3 Å². The number of rotatable bonds is 6. The van der Waals surface area contributed by atoms with Crippen molar-refractivity contribution >= 4 is 23.2 Å². The van der Waals surface area contributed by atoms with Crippen molar-refractivity contribution in [2.45, 2.75) is 45.1 Å². The molecule has 114 valence electrons. The van der Waals surface area contributed by atoms with E-state index < -0.39 is 6.04 Å². The summed E-state index contributed by atoms with van der Waals surface area (Å²) in [6.07, 6.45) is 8.06. The van der Waals surface area contributed by atoms with Crippen LogP contribution in [0.4, 0.5) is 0 Å². The average molecular weight is 306 g/mol. The highest BCUT2D eigenvalue weighted by Gasteiger charge is 2.16. The maximum absolute atomic E-state index is 11.9. The van der Waals surface area contributed by atoms with E-state index in [0.717, 1.165) is 19.3 Å². The summed E-state index contributed by atoms with van der Waals surface area (Å²) >= 11 is 1.37. The molecule has 4 nitrogen and oxygen atoms in total. The fourth-order valence-electron chi connectivity index (χ4n) is 2.37. The van der Waals surface area contributed by atoms with Gasteiger partial charge in [-0.25, -0.2) is 0 Å². The van der Waals surface area contributed by atoms with E-state index in [0.29, 0.717) is 11.4 Å². The van der Waals surface area contributed by atoms with Crippen molar-refractivity contribution in [2.75, 3.05) is 6.54 Å². The number of nitrogens with one attached hydrogen (secondary N) is 2. The van der Waals surface area contributed by atoms with Crippen LogP contribution in [0.2, 0.25) is 0 Å². The van der Waals surface area contributed by atoms with Gasteiger partial charge in [-0.3, -0.25) is 9.59 Å². The van der Waals surface area contributed by atoms with Gasteiger partial charge in [-0.2, -0.15) is 0 Å². The second-order valence-electron chi connectivity index (χ2n) is 5.32. The Morgan fingerprint density at radius 3 is 2.90 bits per heavy atom. The van der Waals surface area contributed by atoms with Gasteiger partial charge in [0.2, 0.25) is 5.91 Å². The largest absolute Gasteiger partial charge is 0.354 e. The Morgan fingerprint density at radius 2 is 2.24 bits per heavy atom. The fraction of sp³-hybridized carbons (Fsp3) is 0.500. The smallest absolute Gasteiger partial charge is 0.261 e. The van der Waals surface area contributed by atoms with Gasteiger partial charge >= 0.3 is 0 Å². The van der Waals surface area contributed by atoms with E-state index in [-0.39, 0.29) is 11.8 Å². The van der Waals surface area contributed by atoms with Gasteiger partial charge in [0.1, 0.15) is 6.04 Å². The summed E-state index contributed by atoms with van der Waals surface area (Å²) in [6.45, 7) is 2.35. The molecule has 2 rings (SSSR count). The Balaban J connectivity index is 1.70. The van der Waals surface area contributed by atoms with Crippen LogP contribution in [0, 0.1) is 0 Å². The van der Waals surface area contributed by atoms with Crippen LogP contribution < -0.4 is 10.6 Å². The van der Waals surface area contributed by atoms with E-state index in [4.69, 9.17) is 0 Å². The van der Waals surface area contributed by atoms with Gasteiger partial charge in [0, 0.05) is 6.54 Å². The van der Waals surface area contributed by atoms with Crippen LogP contribution in [0.1, 0.15) is 48.7 Å². The van der Waals surface area contributed by atoms with E-state index in [9.17, 15) is 9.59 Å². The number of carbonyl (C=O) groups is 2. The summed E-state index contributed by atoms with van der Waals surface area (Å²) in [7, 11) is 0. The maximum atomic E-state index is 11.9. The molecule has 5 heteroatoms. The van der Waals surface area contributed by atoms with Crippen LogP contribution in [0.15, 0.2) is 29.2 Å². The highest BCUT2D eigenvalue weighted by atomic mass is 32.1. The lowest BCUT2D eigenvalue weighted by Crippen LogP contribution is -2.44. The van der Waals surface area contributed by atoms with E-state index in [1.165, 1.54) is 29.8 Å². The highest BCUT2D eigenvalue weighted by molar-refractivity contribution is 7.12. The number of hydrogen-bond donors (Lipinski definition) is 2. The van der Waals surface area contributed by atoms with E-state index >= 15 is 0 Å². The summed E-state index contributed by atoms with van der Waals surface area (Å²) in [5.41, 5.74) is 1.44. The third kappa shape index (κ3) is 5.01. The minimum atomic E-state index is -0.514. The first-order valence-electron chi connectivity index (χ1n) is 7.47. The first kappa shape index (κ1) is 15.8. The minimum absolute atomic E-state index is 0.128. The second kappa shape index (κ2) is 7.98. The van der Waals surface area contributed by atoms with Crippen LogP contribution in [0.25, 0.3) is 0 Å². The molecule has 21 heavy (non-hydrogen) atoms. The number of carbonyl (C=O) groups excluding carboxylic acids is 2. The van der Waals surface area contributed by atoms with Crippen molar-refractivity contribution in [2.24, 2.45) is 0 Å². The molecule has 1 unspecified atom stereocenters. The molecule has 0 fully saturated rings. The Labute approximate surface area is 129 Å². The van der Waals surface area contributed by atoms with Crippen molar-refractivity contribution < 1.29 is 9.59 Å². The van der Waals surface area contributed by atoms with Gasteiger partial charge in [-0.05, 0) is 50.5 Å². The van der Waals surface area contributed by atoms with E-state index in [2.05, 4.69) is 16.7 Å². The highest BCUT2D eigenvalue weighted by Crippen LogP contribution is 2.19. The molecule has 2 N–H and O–H groups in total. The van der Waals surface area contributed by atoms with Gasteiger partial charge in [-0.1, -0.05) is 17.7 Å². The molecule has 1 aromatic rings. The fourth-order valence-corrected chi connectivity index (χ4v) is 3.00. The lowest BCUT2D eigenvalue weighted by atomic mass is 9.97. The lowest BCUT2D eigenvalue weighted by molar-refractivity contribution is -0.122. The van der Waals surface area contributed by atoms with Crippen LogP contribution in [0.3, 0.4) is 0 Å². The van der Waals surface area contributed by atoms with Crippen LogP contribution in [-0.4, -0.2) is 24.4 Å². The zero-order valence-corrected chi connectivity index (χ0v) is 13.2. The standard InChI is InChI=1S/C16H22N2O2S/c1-12(18-16(20)14-8-5-11-21-14)15(19)17-10-9-13-6-3-2-4-7-13/h5-6,8,11-12H,2-4,7,9-10H2,1H3,(H,17,19)(H,18,20). The minimum Gasteiger partial charge on any atom is -0.354 e. The van der Waals surface area contributed by atoms with Crippen molar-refractivity contribution in [1.29, 1.82) is 0 Å². The summed E-state index contributed by atoms with van der Waals surface area (Å²) in [4.78, 5) is 24.4. The molecular formula is C16H22N2O2S. The predicted octanol–water partition coefficient (Wildman–Crippen LogP) is 2.87. The maximum Gasteiger partial charge on any atom is 0.261 e. The molecule has 1 aromatic heterocycles. The number of allylic oxidation sites excluding steroid dienone is 1. The zero-order valence-electron chi connectivity index (χ0n) is 12.4. The molecule has 1 heterocycles. The molecule has 0 aliphatic heterocycles. The van der Waals surface area contributed by atoms with Gasteiger partial charge in [0.05, 0.1) is 4.88 Å². The van der Waals surface area contributed by atoms with E-state index in [1.807, 2.05) is 11.4 Å². The summed E-state index contributed by atoms with van der Waals surface area (Å²) in [5.74, 6) is -0.320. The average Bonchev–Trinajstić information content (AvgIpc) is 3.02. The van der Waals surface area contributed by atoms with Crippen molar-refractivity contribution in [3.63, 3.8) is 0 Å². The molecule has 0 radical (unpaired) electrons. The Bertz CT molecular complexity index is 508. The molecule has 1 atom stereocenters. The normalized spacial score (nSPS) is 16.0.